The van der Waals surface area contributed by atoms with Crippen LogP contribution in [0.5, 0.6) is 0 Å². The summed E-state index contributed by atoms with van der Waals surface area (Å²) in [5.74, 6) is -0.194. The van der Waals surface area contributed by atoms with Gasteiger partial charge in [0.15, 0.2) is 0 Å². The van der Waals surface area contributed by atoms with Crippen LogP contribution < -0.4 is 5.76 Å². The van der Waals surface area contributed by atoms with Gasteiger partial charge in [-0.3, -0.25) is 9.69 Å². The SMILES string of the molecule is O=C(CCn1nc(-c2cccs2)oc1=O)N1CCN(Cc2nc3ccccc3s2)CC1. The molecule has 1 fully saturated rings. The van der Waals surface area contributed by atoms with Crippen molar-refractivity contribution in [3.63, 3.8) is 0 Å². The summed E-state index contributed by atoms with van der Waals surface area (Å²) in [6.45, 7) is 4.01. The summed E-state index contributed by atoms with van der Waals surface area (Å²) in [4.78, 5) is 34.3. The van der Waals surface area contributed by atoms with Crippen molar-refractivity contribution < 1.29 is 9.21 Å². The summed E-state index contributed by atoms with van der Waals surface area (Å²) in [7, 11) is 0. The van der Waals surface area contributed by atoms with Gasteiger partial charge >= 0.3 is 5.76 Å². The second-order valence-corrected chi connectivity index (χ2v) is 9.42. The Morgan fingerprint density at radius 3 is 2.71 bits per heavy atom. The molecule has 0 radical (unpaired) electrons. The van der Waals surface area contributed by atoms with Gasteiger partial charge in [0.2, 0.25) is 5.91 Å². The maximum absolute atomic E-state index is 12.6. The third-order valence-electron chi connectivity index (χ3n) is 5.30. The molecule has 1 aromatic carbocycles. The summed E-state index contributed by atoms with van der Waals surface area (Å²) < 4.78 is 7.64. The Hall–Kier alpha value is -2.82. The monoisotopic (exact) mass is 455 g/mol. The predicted molar refractivity (Wildman–Crippen MR) is 120 cm³/mol. The first-order chi connectivity index (χ1) is 15.2. The van der Waals surface area contributed by atoms with E-state index in [2.05, 4.69) is 16.1 Å². The Labute approximate surface area is 186 Å². The molecule has 10 heteroatoms. The van der Waals surface area contributed by atoms with Crippen molar-refractivity contribution in [2.24, 2.45) is 0 Å². The number of benzene rings is 1. The maximum Gasteiger partial charge on any atom is 0.437 e. The quantitative estimate of drug-likeness (QED) is 0.445. The number of hydrogen-bond acceptors (Lipinski definition) is 8. The van der Waals surface area contributed by atoms with E-state index >= 15 is 0 Å². The fraction of sp³-hybridized carbons (Fsp3) is 0.333. The standard InChI is InChI=1S/C21H21N5O3S2/c27-19(7-8-26-21(28)29-20(23-26)17-6-3-13-30-17)25-11-9-24(10-12-25)14-18-22-15-4-1-2-5-16(15)31-18/h1-6,13H,7-12,14H2. The molecule has 1 amide bonds. The number of para-hydroxylation sites is 1. The second kappa shape index (κ2) is 8.74. The number of fused-ring (bicyclic) bond motifs is 1. The summed E-state index contributed by atoms with van der Waals surface area (Å²) in [5.41, 5.74) is 1.04. The van der Waals surface area contributed by atoms with E-state index in [9.17, 15) is 9.59 Å². The molecule has 31 heavy (non-hydrogen) atoms. The summed E-state index contributed by atoms with van der Waals surface area (Å²) >= 11 is 3.18. The highest BCUT2D eigenvalue weighted by Crippen LogP contribution is 2.23. The van der Waals surface area contributed by atoms with E-state index < -0.39 is 5.76 Å². The molecule has 8 nitrogen and oxygen atoms in total. The number of thiophene rings is 1. The molecule has 4 heterocycles. The lowest BCUT2D eigenvalue weighted by atomic mass is 10.2. The van der Waals surface area contributed by atoms with Crippen molar-refractivity contribution in [3.8, 4) is 10.8 Å². The average Bonchev–Trinajstić information content (AvgIpc) is 3.52. The Bertz CT molecular complexity index is 1200. The van der Waals surface area contributed by atoms with E-state index in [4.69, 9.17) is 9.40 Å². The molecule has 0 saturated carbocycles. The van der Waals surface area contributed by atoms with Gasteiger partial charge in [0, 0.05) is 32.6 Å². The Morgan fingerprint density at radius 2 is 1.94 bits per heavy atom. The number of amides is 1. The molecular formula is C21H21N5O3S2. The van der Waals surface area contributed by atoms with Crippen molar-refractivity contribution in [1.82, 2.24) is 24.6 Å². The highest BCUT2D eigenvalue weighted by molar-refractivity contribution is 7.18. The minimum Gasteiger partial charge on any atom is -0.387 e. The van der Waals surface area contributed by atoms with Gasteiger partial charge in [-0.05, 0) is 23.6 Å². The number of piperazine rings is 1. The third kappa shape index (κ3) is 4.46. The van der Waals surface area contributed by atoms with Crippen LogP contribution in [0.1, 0.15) is 11.4 Å². The lowest BCUT2D eigenvalue weighted by molar-refractivity contribution is -0.133. The van der Waals surface area contributed by atoms with Crippen LogP contribution in [0.2, 0.25) is 0 Å². The van der Waals surface area contributed by atoms with Gasteiger partial charge in [0.1, 0.15) is 5.01 Å². The predicted octanol–water partition coefficient (Wildman–Crippen LogP) is 2.91. The first kappa shape index (κ1) is 20.1. The molecule has 1 aliphatic heterocycles. The molecule has 0 aliphatic carbocycles. The average molecular weight is 456 g/mol. The smallest absolute Gasteiger partial charge is 0.387 e. The molecule has 0 bridgehead atoms. The number of carbonyl (C=O) groups excluding carboxylic acids is 1. The van der Waals surface area contributed by atoms with E-state index in [0.717, 1.165) is 35.0 Å². The zero-order chi connectivity index (χ0) is 21.2. The van der Waals surface area contributed by atoms with E-state index in [1.54, 1.807) is 11.3 Å². The van der Waals surface area contributed by atoms with Crippen molar-refractivity contribution >= 4 is 38.8 Å². The lowest BCUT2D eigenvalue weighted by Gasteiger charge is -2.34. The van der Waals surface area contributed by atoms with Crippen LogP contribution in [0, 0.1) is 0 Å². The molecule has 0 unspecified atom stereocenters. The Kier molecular flexibility index (Phi) is 5.66. The number of aryl methyl sites for hydroxylation is 1. The van der Waals surface area contributed by atoms with Crippen LogP contribution in [0.25, 0.3) is 21.0 Å². The van der Waals surface area contributed by atoms with Crippen LogP contribution in [-0.2, 0) is 17.9 Å². The molecule has 0 spiro atoms. The van der Waals surface area contributed by atoms with Gasteiger partial charge in [-0.1, -0.05) is 18.2 Å². The number of aromatic nitrogens is 3. The van der Waals surface area contributed by atoms with Crippen LogP contribution in [0.15, 0.2) is 51.0 Å². The van der Waals surface area contributed by atoms with Crippen LogP contribution in [0.3, 0.4) is 0 Å². The summed E-state index contributed by atoms with van der Waals surface area (Å²) in [6.07, 6.45) is 0.230. The van der Waals surface area contributed by atoms with E-state index in [1.165, 1.54) is 20.7 Å². The lowest BCUT2D eigenvalue weighted by Crippen LogP contribution is -2.48. The summed E-state index contributed by atoms with van der Waals surface area (Å²) in [6, 6.07) is 11.9. The van der Waals surface area contributed by atoms with Crippen LogP contribution in [0.4, 0.5) is 0 Å². The van der Waals surface area contributed by atoms with Crippen molar-refractivity contribution in [3.05, 3.63) is 57.3 Å². The molecule has 160 valence electrons. The Morgan fingerprint density at radius 1 is 1.10 bits per heavy atom. The van der Waals surface area contributed by atoms with Gasteiger partial charge < -0.3 is 9.32 Å². The number of hydrogen-bond donors (Lipinski definition) is 0. The fourth-order valence-corrected chi connectivity index (χ4v) is 5.30. The number of carbonyl (C=O) groups is 1. The highest BCUT2D eigenvalue weighted by Gasteiger charge is 2.22. The maximum atomic E-state index is 12.6. The molecule has 1 aliphatic rings. The highest BCUT2D eigenvalue weighted by atomic mass is 32.1. The second-order valence-electron chi connectivity index (χ2n) is 7.36. The van der Waals surface area contributed by atoms with Gasteiger partial charge in [-0.2, -0.15) is 4.68 Å². The molecule has 3 aromatic heterocycles. The normalized spacial score (nSPS) is 15.0. The van der Waals surface area contributed by atoms with Crippen molar-refractivity contribution in [1.29, 1.82) is 0 Å². The van der Waals surface area contributed by atoms with Gasteiger partial charge in [0.25, 0.3) is 5.89 Å². The van der Waals surface area contributed by atoms with E-state index in [1.807, 2.05) is 40.6 Å². The van der Waals surface area contributed by atoms with E-state index in [0.29, 0.717) is 19.0 Å². The summed E-state index contributed by atoms with van der Waals surface area (Å²) in [5, 5.41) is 7.21. The number of nitrogens with zero attached hydrogens (tertiary/aromatic N) is 5. The van der Waals surface area contributed by atoms with Crippen LogP contribution in [-0.4, -0.2) is 56.7 Å². The van der Waals surface area contributed by atoms with Gasteiger partial charge in [-0.25, -0.2) is 9.78 Å². The molecule has 5 rings (SSSR count). The van der Waals surface area contributed by atoms with Gasteiger partial charge in [0.05, 0.1) is 28.2 Å². The fourth-order valence-electron chi connectivity index (χ4n) is 3.64. The zero-order valence-electron chi connectivity index (χ0n) is 16.8. The third-order valence-corrected chi connectivity index (χ3v) is 7.18. The van der Waals surface area contributed by atoms with Crippen molar-refractivity contribution in [2.45, 2.75) is 19.5 Å². The minimum absolute atomic E-state index is 0.0345. The van der Waals surface area contributed by atoms with Crippen LogP contribution >= 0.6 is 22.7 Å². The Balaban J connectivity index is 1.12. The minimum atomic E-state index is -0.531. The molecule has 0 atom stereocenters. The molecule has 1 saturated heterocycles. The molecule has 4 aromatic rings. The first-order valence-electron chi connectivity index (χ1n) is 10.1. The number of rotatable bonds is 6. The molecular weight excluding hydrogens is 434 g/mol. The topological polar surface area (TPSA) is 84.5 Å². The largest absolute Gasteiger partial charge is 0.437 e. The molecule has 0 N–H and O–H groups in total. The zero-order valence-corrected chi connectivity index (χ0v) is 18.4. The van der Waals surface area contributed by atoms with Crippen molar-refractivity contribution in [2.75, 3.05) is 26.2 Å². The first-order valence-corrected chi connectivity index (χ1v) is 11.8. The number of thiazole rings is 1. The van der Waals surface area contributed by atoms with Gasteiger partial charge in [-0.15, -0.1) is 27.8 Å². The van der Waals surface area contributed by atoms with E-state index in [-0.39, 0.29) is 18.9 Å².